The van der Waals surface area contributed by atoms with Gasteiger partial charge in [0.1, 0.15) is 4.83 Å². The van der Waals surface area contributed by atoms with E-state index in [2.05, 4.69) is 10.3 Å². The Bertz CT molecular complexity index is 828. The molecule has 0 saturated heterocycles. The summed E-state index contributed by atoms with van der Waals surface area (Å²) in [5, 5.41) is 3.64. The maximum absolute atomic E-state index is 12.8. The van der Waals surface area contributed by atoms with Crippen molar-refractivity contribution in [1.82, 2.24) is 14.9 Å². The van der Waals surface area contributed by atoms with E-state index in [1.807, 2.05) is 13.8 Å². The van der Waals surface area contributed by atoms with E-state index in [1.54, 1.807) is 22.2 Å². The first-order valence-electron chi connectivity index (χ1n) is 8.42. The van der Waals surface area contributed by atoms with Crippen molar-refractivity contribution in [2.24, 2.45) is 5.73 Å². The number of carbonyl (C=O) groups excluding carboxylic acids is 1. The lowest BCUT2D eigenvalue weighted by atomic mass is 9.97. The van der Waals surface area contributed by atoms with Crippen LogP contribution in [0.25, 0.3) is 10.2 Å². The van der Waals surface area contributed by atoms with Gasteiger partial charge in [-0.15, -0.1) is 23.7 Å². The molecule has 0 fully saturated rings. The number of halogens is 1. The van der Waals surface area contributed by atoms with Crippen LogP contribution in [0, 0.1) is 0 Å². The third-order valence-corrected chi connectivity index (χ3v) is 5.71. The Morgan fingerprint density at radius 1 is 1.40 bits per heavy atom. The fraction of sp³-hybridized carbons (Fsp3) is 0.588. The molecule has 1 amide bonds. The molecular weight excluding hydrogens is 360 g/mol. The number of fused-ring (bicyclic) bond motifs is 3. The van der Waals surface area contributed by atoms with Gasteiger partial charge in [-0.05, 0) is 45.1 Å². The Kier molecular flexibility index (Phi) is 6.24. The van der Waals surface area contributed by atoms with Crippen molar-refractivity contribution < 1.29 is 4.79 Å². The second-order valence-corrected chi connectivity index (χ2v) is 8.10. The Balaban J connectivity index is 0.00000225. The number of nitrogens with two attached hydrogens (primary N) is 1. The highest BCUT2D eigenvalue weighted by molar-refractivity contribution is 7.18. The molecule has 3 rings (SSSR count). The summed E-state index contributed by atoms with van der Waals surface area (Å²) in [6.45, 7) is 4.46. The van der Waals surface area contributed by atoms with Gasteiger partial charge in [-0.1, -0.05) is 0 Å². The molecule has 0 spiro atoms. The molecule has 0 radical (unpaired) electrons. The molecule has 8 heteroatoms. The predicted octanol–water partition coefficient (Wildman–Crippen LogP) is 2.00. The van der Waals surface area contributed by atoms with E-state index in [4.69, 9.17) is 5.73 Å². The summed E-state index contributed by atoms with van der Waals surface area (Å²) in [5.74, 6) is -0.107. The molecule has 1 aliphatic rings. The molecule has 3 N–H and O–H groups in total. The van der Waals surface area contributed by atoms with E-state index in [9.17, 15) is 9.59 Å². The number of nitrogens with one attached hydrogen (secondary N) is 1. The van der Waals surface area contributed by atoms with E-state index in [-0.39, 0.29) is 30.3 Å². The molecule has 0 unspecified atom stereocenters. The minimum atomic E-state index is -0.434. The number of rotatable bonds is 5. The molecule has 2 aromatic heterocycles. The molecule has 138 valence electrons. The molecule has 2 heterocycles. The van der Waals surface area contributed by atoms with Gasteiger partial charge in [0.15, 0.2) is 0 Å². The maximum atomic E-state index is 12.8. The lowest BCUT2D eigenvalue weighted by Gasteiger charge is -2.24. The van der Waals surface area contributed by atoms with Gasteiger partial charge in [-0.2, -0.15) is 0 Å². The normalized spacial score (nSPS) is 14.0. The fourth-order valence-electron chi connectivity index (χ4n) is 3.05. The lowest BCUT2D eigenvalue weighted by Crippen LogP contribution is -2.49. The Labute approximate surface area is 157 Å². The maximum Gasteiger partial charge on any atom is 0.262 e. The topological polar surface area (TPSA) is 90.0 Å². The number of aromatic nitrogens is 2. The highest BCUT2D eigenvalue weighted by Crippen LogP contribution is 2.33. The Hall–Kier alpha value is -1.44. The number of aryl methyl sites for hydroxylation is 3. The molecule has 0 saturated carbocycles. The monoisotopic (exact) mass is 384 g/mol. The van der Waals surface area contributed by atoms with Crippen LogP contribution < -0.4 is 16.6 Å². The van der Waals surface area contributed by atoms with Crippen LogP contribution in [0.4, 0.5) is 0 Å². The molecule has 0 atom stereocenters. The minimum absolute atomic E-state index is 0. The van der Waals surface area contributed by atoms with Gasteiger partial charge in [-0.25, -0.2) is 4.98 Å². The summed E-state index contributed by atoms with van der Waals surface area (Å²) in [6.07, 6.45) is 6.12. The SMILES string of the molecule is CC(C)(CN)NC(=O)CCn1cnc2sc3c(c2c1=O)CCCC3.Cl. The fourth-order valence-corrected chi connectivity index (χ4v) is 4.27. The summed E-state index contributed by atoms with van der Waals surface area (Å²) in [6, 6.07) is 0. The Morgan fingerprint density at radius 2 is 2.12 bits per heavy atom. The second kappa shape index (κ2) is 7.85. The summed E-state index contributed by atoms with van der Waals surface area (Å²) in [5.41, 5.74) is 6.35. The number of amides is 1. The van der Waals surface area contributed by atoms with Crippen LogP contribution in [-0.2, 0) is 24.2 Å². The highest BCUT2D eigenvalue weighted by Gasteiger charge is 2.21. The molecule has 25 heavy (non-hydrogen) atoms. The van der Waals surface area contributed by atoms with Crippen molar-refractivity contribution in [1.29, 1.82) is 0 Å². The quantitative estimate of drug-likeness (QED) is 0.824. The number of hydrogen-bond donors (Lipinski definition) is 2. The lowest BCUT2D eigenvalue weighted by molar-refractivity contribution is -0.122. The van der Waals surface area contributed by atoms with Gasteiger partial charge in [0, 0.05) is 29.9 Å². The zero-order valence-electron chi connectivity index (χ0n) is 14.6. The van der Waals surface area contributed by atoms with Crippen molar-refractivity contribution in [3.8, 4) is 0 Å². The average molecular weight is 385 g/mol. The third-order valence-electron chi connectivity index (χ3n) is 4.51. The minimum Gasteiger partial charge on any atom is -0.350 e. The molecule has 0 aromatic carbocycles. The van der Waals surface area contributed by atoms with Crippen molar-refractivity contribution >= 4 is 39.9 Å². The van der Waals surface area contributed by atoms with Crippen LogP contribution in [0.3, 0.4) is 0 Å². The molecule has 2 aromatic rings. The van der Waals surface area contributed by atoms with Crippen LogP contribution in [0.15, 0.2) is 11.1 Å². The van der Waals surface area contributed by atoms with Gasteiger partial charge in [0.2, 0.25) is 5.91 Å². The van der Waals surface area contributed by atoms with Crippen LogP contribution in [0.1, 0.15) is 43.6 Å². The van der Waals surface area contributed by atoms with Gasteiger partial charge in [0.25, 0.3) is 5.56 Å². The molecule has 0 aliphatic heterocycles. The first-order chi connectivity index (χ1) is 11.4. The summed E-state index contributed by atoms with van der Waals surface area (Å²) >= 11 is 1.64. The number of nitrogens with zero attached hydrogens (tertiary/aromatic N) is 2. The van der Waals surface area contributed by atoms with Crippen molar-refractivity contribution in [2.75, 3.05) is 6.54 Å². The van der Waals surface area contributed by atoms with Crippen LogP contribution in [-0.4, -0.2) is 27.5 Å². The predicted molar refractivity (Wildman–Crippen MR) is 104 cm³/mol. The zero-order chi connectivity index (χ0) is 17.3. The van der Waals surface area contributed by atoms with Crippen LogP contribution in [0.2, 0.25) is 0 Å². The first kappa shape index (κ1) is 19.9. The van der Waals surface area contributed by atoms with Crippen LogP contribution in [0.5, 0.6) is 0 Å². The standard InChI is InChI=1S/C17H24N4O2S.ClH/c1-17(2,9-18)20-13(22)7-8-21-10-19-15-14(16(21)23)11-5-3-4-6-12(11)24-15;/h10H,3-9,18H2,1-2H3,(H,20,22);1H. The van der Waals surface area contributed by atoms with E-state index < -0.39 is 5.54 Å². The van der Waals surface area contributed by atoms with Crippen molar-refractivity contribution in [3.63, 3.8) is 0 Å². The molecule has 0 bridgehead atoms. The number of thiophene rings is 1. The van der Waals surface area contributed by atoms with E-state index in [0.717, 1.165) is 29.5 Å². The van der Waals surface area contributed by atoms with Gasteiger partial charge < -0.3 is 11.1 Å². The van der Waals surface area contributed by atoms with E-state index >= 15 is 0 Å². The molecular formula is C17H25ClN4O2S. The highest BCUT2D eigenvalue weighted by atomic mass is 35.5. The molecule has 6 nitrogen and oxygen atoms in total. The summed E-state index contributed by atoms with van der Waals surface area (Å²) in [4.78, 5) is 31.4. The van der Waals surface area contributed by atoms with Crippen molar-refractivity contribution in [2.45, 2.75) is 58.0 Å². The smallest absolute Gasteiger partial charge is 0.262 e. The number of carbonyl (C=O) groups is 1. The summed E-state index contributed by atoms with van der Waals surface area (Å²) < 4.78 is 1.55. The van der Waals surface area contributed by atoms with Gasteiger partial charge in [-0.3, -0.25) is 14.2 Å². The zero-order valence-corrected chi connectivity index (χ0v) is 16.3. The van der Waals surface area contributed by atoms with E-state index in [1.165, 1.54) is 16.9 Å². The average Bonchev–Trinajstić information content (AvgIpc) is 2.93. The second-order valence-electron chi connectivity index (χ2n) is 7.02. The first-order valence-corrected chi connectivity index (χ1v) is 9.24. The van der Waals surface area contributed by atoms with Gasteiger partial charge >= 0.3 is 0 Å². The van der Waals surface area contributed by atoms with E-state index in [0.29, 0.717) is 13.1 Å². The summed E-state index contributed by atoms with van der Waals surface area (Å²) in [7, 11) is 0. The van der Waals surface area contributed by atoms with Crippen LogP contribution >= 0.6 is 23.7 Å². The Morgan fingerprint density at radius 3 is 2.84 bits per heavy atom. The van der Waals surface area contributed by atoms with Gasteiger partial charge in [0.05, 0.1) is 11.7 Å². The largest absolute Gasteiger partial charge is 0.350 e. The number of hydrogen-bond acceptors (Lipinski definition) is 5. The molecule has 1 aliphatic carbocycles. The third kappa shape index (κ3) is 4.22. The van der Waals surface area contributed by atoms with Crippen molar-refractivity contribution in [3.05, 3.63) is 27.1 Å².